The van der Waals surface area contributed by atoms with Gasteiger partial charge >= 0.3 is 0 Å². The number of benzene rings is 2. The average Bonchev–Trinajstić information content (AvgIpc) is 2.53. The summed E-state index contributed by atoms with van der Waals surface area (Å²) in [5.41, 5.74) is 1.87. The molecule has 0 radical (unpaired) electrons. The molecule has 0 aliphatic carbocycles. The summed E-state index contributed by atoms with van der Waals surface area (Å²) in [6, 6.07) is 14.7. The number of phenols is 1. The van der Waals surface area contributed by atoms with Crippen molar-refractivity contribution in [3.63, 3.8) is 0 Å². The van der Waals surface area contributed by atoms with Crippen LogP contribution in [0.3, 0.4) is 0 Å². The number of phenolic OH excluding ortho intramolecular Hbond substituents is 1. The van der Waals surface area contributed by atoms with Gasteiger partial charge in [0.1, 0.15) is 0 Å². The van der Waals surface area contributed by atoms with Gasteiger partial charge in [-0.1, -0.05) is 36.4 Å². The molecule has 0 spiro atoms. The highest BCUT2D eigenvalue weighted by molar-refractivity contribution is 5.41. The van der Waals surface area contributed by atoms with Gasteiger partial charge in [-0.3, -0.25) is 0 Å². The normalized spacial score (nSPS) is 13.7. The zero-order valence-corrected chi connectivity index (χ0v) is 12.3. The van der Waals surface area contributed by atoms with Gasteiger partial charge in [-0.05, 0) is 30.2 Å². The second-order valence-corrected chi connectivity index (χ2v) is 5.03. The van der Waals surface area contributed by atoms with Gasteiger partial charge in [-0.15, -0.1) is 0 Å². The third-order valence-electron chi connectivity index (χ3n) is 3.49. The smallest absolute Gasteiger partial charge is 0.160 e. The molecule has 112 valence electrons. The minimum absolute atomic E-state index is 0.0906. The van der Waals surface area contributed by atoms with E-state index >= 15 is 0 Å². The van der Waals surface area contributed by atoms with Crippen LogP contribution in [0.4, 0.5) is 0 Å². The van der Waals surface area contributed by atoms with Crippen LogP contribution in [-0.2, 0) is 6.54 Å². The predicted octanol–water partition coefficient (Wildman–Crippen LogP) is 2.61. The molecule has 2 unspecified atom stereocenters. The van der Waals surface area contributed by atoms with E-state index in [0.29, 0.717) is 12.3 Å². The molecule has 2 rings (SSSR count). The Bertz CT molecular complexity index is 572. The minimum atomic E-state index is -0.565. The highest BCUT2D eigenvalue weighted by atomic mass is 16.5. The van der Waals surface area contributed by atoms with Crippen molar-refractivity contribution >= 4 is 0 Å². The van der Waals surface area contributed by atoms with E-state index in [1.807, 2.05) is 43.3 Å². The average molecular weight is 287 g/mol. The molecule has 3 N–H and O–H groups in total. The first-order valence-corrected chi connectivity index (χ1v) is 6.94. The van der Waals surface area contributed by atoms with E-state index in [9.17, 15) is 10.2 Å². The lowest BCUT2D eigenvalue weighted by molar-refractivity contribution is 0.135. The summed E-state index contributed by atoms with van der Waals surface area (Å²) in [5, 5.41) is 23.1. The van der Waals surface area contributed by atoms with Crippen molar-refractivity contribution in [1.82, 2.24) is 5.32 Å². The summed E-state index contributed by atoms with van der Waals surface area (Å²) >= 11 is 0. The van der Waals surface area contributed by atoms with Crippen LogP contribution in [-0.4, -0.2) is 23.4 Å². The quantitative estimate of drug-likeness (QED) is 0.764. The molecule has 0 aliphatic heterocycles. The van der Waals surface area contributed by atoms with Crippen LogP contribution < -0.4 is 10.1 Å². The number of rotatable bonds is 6. The summed E-state index contributed by atoms with van der Waals surface area (Å²) in [6.45, 7) is 2.52. The Labute approximate surface area is 125 Å². The topological polar surface area (TPSA) is 61.7 Å². The van der Waals surface area contributed by atoms with Gasteiger partial charge in [0.15, 0.2) is 11.5 Å². The molecule has 0 bridgehead atoms. The van der Waals surface area contributed by atoms with E-state index in [4.69, 9.17) is 4.74 Å². The van der Waals surface area contributed by atoms with E-state index in [1.165, 1.54) is 7.11 Å². The molecule has 0 heterocycles. The van der Waals surface area contributed by atoms with Crippen molar-refractivity contribution < 1.29 is 14.9 Å². The number of hydrogen-bond donors (Lipinski definition) is 3. The Morgan fingerprint density at radius 3 is 2.52 bits per heavy atom. The molecule has 0 amide bonds. The second kappa shape index (κ2) is 7.11. The molecule has 4 heteroatoms. The molecule has 0 saturated carbocycles. The molecule has 2 atom stereocenters. The van der Waals surface area contributed by atoms with Gasteiger partial charge < -0.3 is 20.3 Å². The van der Waals surface area contributed by atoms with E-state index in [-0.39, 0.29) is 11.8 Å². The number of aliphatic hydroxyl groups excluding tert-OH is 1. The number of aliphatic hydroxyl groups is 1. The molecule has 4 nitrogen and oxygen atoms in total. The first kappa shape index (κ1) is 15.4. The van der Waals surface area contributed by atoms with Crippen LogP contribution in [0, 0.1) is 0 Å². The zero-order chi connectivity index (χ0) is 15.2. The number of ether oxygens (including phenoxy) is 1. The Morgan fingerprint density at radius 1 is 1.14 bits per heavy atom. The van der Waals surface area contributed by atoms with Gasteiger partial charge in [0.05, 0.1) is 13.2 Å². The van der Waals surface area contributed by atoms with Crippen molar-refractivity contribution in [3.8, 4) is 11.5 Å². The van der Waals surface area contributed by atoms with Crippen LogP contribution in [0.1, 0.15) is 24.2 Å². The Balaban J connectivity index is 1.96. The fraction of sp³-hybridized carbons (Fsp3) is 0.294. The van der Waals surface area contributed by atoms with Crippen LogP contribution in [0.25, 0.3) is 0 Å². The van der Waals surface area contributed by atoms with Crippen molar-refractivity contribution in [1.29, 1.82) is 0 Å². The largest absolute Gasteiger partial charge is 0.504 e. The highest BCUT2D eigenvalue weighted by Gasteiger charge is 2.15. The summed E-state index contributed by atoms with van der Waals surface area (Å²) in [4.78, 5) is 0. The maximum Gasteiger partial charge on any atom is 0.160 e. The third kappa shape index (κ3) is 3.97. The molecule has 2 aromatic rings. The molecular weight excluding hydrogens is 266 g/mol. The first-order valence-electron chi connectivity index (χ1n) is 6.94. The van der Waals surface area contributed by atoms with Crippen LogP contribution in [0.2, 0.25) is 0 Å². The molecular formula is C17H21NO3. The lowest BCUT2D eigenvalue weighted by atomic mass is 10.0. The molecule has 21 heavy (non-hydrogen) atoms. The molecule has 2 aromatic carbocycles. The summed E-state index contributed by atoms with van der Waals surface area (Å²) in [6.07, 6.45) is -0.565. The van der Waals surface area contributed by atoms with Crippen molar-refractivity contribution in [2.75, 3.05) is 7.11 Å². The first-order chi connectivity index (χ1) is 10.1. The maximum atomic E-state index is 10.3. The Hall–Kier alpha value is -2.04. The lowest BCUT2D eigenvalue weighted by Crippen LogP contribution is -2.31. The predicted molar refractivity (Wildman–Crippen MR) is 82.4 cm³/mol. The van der Waals surface area contributed by atoms with Crippen LogP contribution in [0.5, 0.6) is 11.5 Å². The maximum absolute atomic E-state index is 10.3. The molecule has 0 fully saturated rings. The third-order valence-corrected chi connectivity index (χ3v) is 3.49. The fourth-order valence-electron chi connectivity index (χ4n) is 2.16. The highest BCUT2D eigenvalue weighted by Crippen LogP contribution is 2.26. The summed E-state index contributed by atoms with van der Waals surface area (Å²) in [5.74, 6) is 0.573. The summed E-state index contributed by atoms with van der Waals surface area (Å²) < 4.78 is 5.08. The minimum Gasteiger partial charge on any atom is -0.504 e. The number of methoxy groups -OCH3 is 1. The van der Waals surface area contributed by atoms with Gasteiger partial charge in [0.25, 0.3) is 0 Å². The van der Waals surface area contributed by atoms with Crippen molar-refractivity contribution in [2.24, 2.45) is 0 Å². The van der Waals surface area contributed by atoms with Gasteiger partial charge in [-0.25, -0.2) is 0 Å². The number of nitrogens with one attached hydrogen (secondary N) is 1. The van der Waals surface area contributed by atoms with Crippen LogP contribution >= 0.6 is 0 Å². The number of hydrogen-bond acceptors (Lipinski definition) is 4. The standard InChI is InChI=1S/C17H21NO3/c1-12(17(20)14-6-4-3-5-7-14)18-11-13-8-9-15(19)16(10-13)21-2/h3-10,12,17-20H,11H2,1-2H3. The SMILES string of the molecule is COc1cc(CNC(C)C(O)c2ccccc2)ccc1O. The van der Waals surface area contributed by atoms with E-state index in [2.05, 4.69) is 5.32 Å². The summed E-state index contributed by atoms with van der Waals surface area (Å²) in [7, 11) is 1.52. The van der Waals surface area contributed by atoms with Crippen molar-refractivity contribution in [2.45, 2.75) is 25.6 Å². The van der Waals surface area contributed by atoms with Crippen LogP contribution in [0.15, 0.2) is 48.5 Å². The van der Waals surface area contributed by atoms with Gasteiger partial charge in [0.2, 0.25) is 0 Å². The monoisotopic (exact) mass is 287 g/mol. The second-order valence-electron chi connectivity index (χ2n) is 5.03. The fourth-order valence-corrected chi connectivity index (χ4v) is 2.16. The number of aromatic hydroxyl groups is 1. The zero-order valence-electron chi connectivity index (χ0n) is 12.3. The van der Waals surface area contributed by atoms with Gasteiger partial charge in [0, 0.05) is 12.6 Å². The van der Waals surface area contributed by atoms with E-state index < -0.39 is 6.10 Å². The van der Waals surface area contributed by atoms with Gasteiger partial charge in [-0.2, -0.15) is 0 Å². The Morgan fingerprint density at radius 2 is 1.86 bits per heavy atom. The molecule has 0 aliphatic rings. The molecule has 0 aromatic heterocycles. The molecule has 0 saturated heterocycles. The Kier molecular flexibility index (Phi) is 5.20. The van der Waals surface area contributed by atoms with Crippen molar-refractivity contribution in [3.05, 3.63) is 59.7 Å². The van der Waals surface area contributed by atoms with E-state index in [1.54, 1.807) is 12.1 Å². The lowest BCUT2D eigenvalue weighted by Gasteiger charge is -2.21. The van der Waals surface area contributed by atoms with E-state index in [0.717, 1.165) is 11.1 Å².